The topological polar surface area (TPSA) is 78.9 Å². The van der Waals surface area contributed by atoms with Crippen LogP contribution in [0.15, 0.2) is 54.7 Å². The van der Waals surface area contributed by atoms with E-state index in [4.69, 9.17) is 5.11 Å². The van der Waals surface area contributed by atoms with Crippen molar-refractivity contribution in [1.82, 2.24) is 9.55 Å². The SMILES string of the molecule is Cc1cc(C=C(C#N)c2ccc(C(=O)O)cc2)c(C)n1-c1ccccn1. The molecule has 0 amide bonds. The fourth-order valence-electron chi connectivity index (χ4n) is 2.90. The lowest BCUT2D eigenvalue weighted by Gasteiger charge is -2.08. The summed E-state index contributed by atoms with van der Waals surface area (Å²) in [5, 5.41) is 18.5. The average molecular weight is 343 g/mol. The van der Waals surface area contributed by atoms with Gasteiger partial charge in [0.25, 0.3) is 0 Å². The zero-order valence-corrected chi connectivity index (χ0v) is 14.5. The van der Waals surface area contributed by atoms with Gasteiger partial charge in [0, 0.05) is 17.6 Å². The lowest BCUT2D eigenvalue weighted by molar-refractivity contribution is 0.0697. The molecule has 0 spiro atoms. The van der Waals surface area contributed by atoms with Gasteiger partial charge in [0.05, 0.1) is 17.2 Å². The Kier molecular flexibility index (Phi) is 4.68. The summed E-state index contributed by atoms with van der Waals surface area (Å²) in [5.74, 6) is -0.163. The van der Waals surface area contributed by atoms with Crippen molar-refractivity contribution < 1.29 is 9.90 Å². The highest BCUT2D eigenvalue weighted by molar-refractivity contribution is 5.92. The van der Waals surface area contributed by atoms with E-state index < -0.39 is 5.97 Å². The van der Waals surface area contributed by atoms with Crippen molar-refractivity contribution in [1.29, 1.82) is 5.26 Å². The first-order chi connectivity index (χ1) is 12.5. The van der Waals surface area contributed by atoms with Crippen molar-refractivity contribution in [2.45, 2.75) is 13.8 Å². The Morgan fingerprint density at radius 2 is 1.85 bits per heavy atom. The molecule has 0 aliphatic heterocycles. The van der Waals surface area contributed by atoms with E-state index in [2.05, 4.69) is 11.1 Å². The zero-order valence-electron chi connectivity index (χ0n) is 14.5. The standard InChI is InChI=1S/C21H17N3O2/c1-14-11-18(15(2)24(14)20-5-3-4-10-23-20)12-19(13-22)16-6-8-17(9-7-16)21(25)26/h3-12H,1-2H3,(H,25,26). The molecule has 1 aromatic carbocycles. The predicted molar refractivity (Wildman–Crippen MR) is 99.9 cm³/mol. The molecule has 0 atom stereocenters. The predicted octanol–water partition coefficient (Wildman–Crippen LogP) is 4.25. The third kappa shape index (κ3) is 3.26. The molecular formula is C21H17N3O2. The van der Waals surface area contributed by atoms with Crippen LogP contribution >= 0.6 is 0 Å². The minimum atomic E-state index is -0.988. The minimum Gasteiger partial charge on any atom is -0.478 e. The van der Waals surface area contributed by atoms with Gasteiger partial charge in [-0.05, 0) is 61.4 Å². The third-order valence-electron chi connectivity index (χ3n) is 4.21. The molecule has 3 rings (SSSR count). The number of allylic oxidation sites excluding steroid dienone is 1. The molecule has 0 fully saturated rings. The highest BCUT2D eigenvalue weighted by atomic mass is 16.4. The highest BCUT2D eigenvalue weighted by Crippen LogP contribution is 2.24. The van der Waals surface area contributed by atoms with E-state index >= 15 is 0 Å². The largest absolute Gasteiger partial charge is 0.478 e. The number of nitrogens with zero attached hydrogens (tertiary/aromatic N) is 3. The van der Waals surface area contributed by atoms with Crippen LogP contribution in [0.25, 0.3) is 17.5 Å². The maximum Gasteiger partial charge on any atom is 0.335 e. The van der Waals surface area contributed by atoms with Crippen molar-refractivity contribution in [2.75, 3.05) is 0 Å². The van der Waals surface area contributed by atoms with E-state index in [1.165, 1.54) is 12.1 Å². The van der Waals surface area contributed by atoms with Crippen LogP contribution in [0.4, 0.5) is 0 Å². The number of hydrogen-bond acceptors (Lipinski definition) is 3. The van der Waals surface area contributed by atoms with Crippen molar-refractivity contribution >= 4 is 17.6 Å². The van der Waals surface area contributed by atoms with E-state index in [0.717, 1.165) is 22.8 Å². The molecule has 128 valence electrons. The molecule has 2 aromatic heterocycles. The Hall–Kier alpha value is -3.65. The Balaban J connectivity index is 2.03. The second kappa shape index (κ2) is 7.08. The van der Waals surface area contributed by atoms with E-state index in [-0.39, 0.29) is 5.56 Å². The molecule has 0 unspecified atom stereocenters. The van der Waals surface area contributed by atoms with E-state index in [9.17, 15) is 10.1 Å². The molecule has 0 aliphatic rings. The van der Waals surface area contributed by atoms with Gasteiger partial charge in [-0.3, -0.25) is 0 Å². The van der Waals surface area contributed by atoms with Gasteiger partial charge in [-0.2, -0.15) is 5.26 Å². The third-order valence-corrected chi connectivity index (χ3v) is 4.21. The van der Waals surface area contributed by atoms with Crippen molar-refractivity contribution in [3.05, 3.63) is 82.8 Å². The number of aromatic carboxylic acids is 1. The highest BCUT2D eigenvalue weighted by Gasteiger charge is 2.12. The lowest BCUT2D eigenvalue weighted by atomic mass is 10.0. The summed E-state index contributed by atoms with van der Waals surface area (Å²) in [4.78, 5) is 15.4. The molecule has 3 aromatic rings. The monoisotopic (exact) mass is 343 g/mol. The van der Waals surface area contributed by atoms with Gasteiger partial charge < -0.3 is 9.67 Å². The first-order valence-electron chi connectivity index (χ1n) is 8.07. The number of rotatable bonds is 4. The van der Waals surface area contributed by atoms with Crippen LogP contribution in [0, 0.1) is 25.2 Å². The molecule has 1 N–H and O–H groups in total. The van der Waals surface area contributed by atoms with Gasteiger partial charge >= 0.3 is 5.97 Å². The second-order valence-electron chi connectivity index (χ2n) is 5.90. The average Bonchev–Trinajstić information content (AvgIpc) is 2.93. The van der Waals surface area contributed by atoms with Crippen LogP contribution in [0.2, 0.25) is 0 Å². The number of carbonyl (C=O) groups is 1. The van der Waals surface area contributed by atoms with Gasteiger partial charge in [-0.1, -0.05) is 18.2 Å². The number of nitriles is 1. The Labute approximate surface area is 151 Å². The van der Waals surface area contributed by atoms with E-state index in [0.29, 0.717) is 11.1 Å². The van der Waals surface area contributed by atoms with Crippen LogP contribution in [0.1, 0.15) is 32.9 Å². The molecule has 0 saturated heterocycles. The summed E-state index contributed by atoms with van der Waals surface area (Å²) in [6.07, 6.45) is 3.56. The van der Waals surface area contributed by atoms with Gasteiger partial charge in [0.15, 0.2) is 0 Å². The summed E-state index contributed by atoms with van der Waals surface area (Å²) in [6.45, 7) is 3.97. The molecule has 0 bridgehead atoms. The number of pyridine rings is 1. The second-order valence-corrected chi connectivity index (χ2v) is 5.90. The fraction of sp³-hybridized carbons (Fsp3) is 0.0952. The van der Waals surface area contributed by atoms with Gasteiger partial charge in [-0.25, -0.2) is 9.78 Å². The summed E-state index contributed by atoms with van der Waals surface area (Å²) < 4.78 is 2.04. The number of carboxylic acids is 1. The summed E-state index contributed by atoms with van der Waals surface area (Å²) in [5.41, 5.74) is 4.27. The fourth-order valence-corrected chi connectivity index (χ4v) is 2.90. The normalized spacial score (nSPS) is 11.2. The molecule has 26 heavy (non-hydrogen) atoms. The Bertz CT molecular complexity index is 1020. The van der Waals surface area contributed by atoms with E-state index in [1.54, 1.807) is 18.3 Å². The Morgan fingerprint density at radius 3 is 2.42 bits per heavy atom. The number of benzene rings is 1. The zero-order chi connectivity index (χ0) is 18.7. The van der Waals surface area contributed by atoms with Crippen LogP contribution in [0.3, 0.4) is 0 Å². The van der Waals surface area contributed by atoms with Gasteiger partial charge in [0.2, 0.25) is 0 Å². The van der Waals surface area contributed by atoms with Crippen molar-refractivity contribution in [3.8, 4) is 11.9 Å². The lowest BCUT2D eigenvalue weighted by Crippen LogP contribution is -2.01. The molecule has 2 heterocycles. The molecule has 0 saturated carbocycles. The molecule has 5 heteroatoms. The van der Waals surface area contributed by atoms with Crippen molar-refractivity contribution in [2.24, 2.45) is 0 Å². The molecular weight excluding hydrogens is 326 g/mol. The maximum atomic E-state index is 11.0. The summed E-state index contributed by atoms with van der Waals surface area (Å²) >= 11 is 0. The first kappa shape index (κ1) is 17.2. The molecule has 0 aliphatic carbocycles. The minimum absolute atomic E-state index is 0.194. The molecule has 0 radical (unpaired) electrons. The number of aromatic nitrogens is 2. The molecule has 5 nitrogen and oxygen atoms in total. The maximum absolute atomic E-state index is 11.0. The van der Waals surface area contributed by atoms with Gasteiger partial charge in [-0.15, -0.1) is 0 Å². The van der Waals surface area contributed by atoms with E-state index in [1.807, 2.05) is 48.8 Å². The summed E-state index contributed by atoms with van der Waals surface area (Å²) in [6, 6.07) is 16.2. The number of aryl methyl sites for hydroxylation is 1. The van der Waals surface area contributed by atoms with Crippen LogP contribution in [-0.2, 0) is 0 Å². The van der Waals surface area contributed by atoms with Crippen LogP contribution in [-0.4, -0.2) is 20.6 Å². The van der Waals surface area contributed by atoms with Gasteiger partial charge in [0.1, 0.15) is 5.82 Å². The van der Waals surface area contributed by atoms with Crippen LogP contribution < -0.4 is 0 Å². The smallest absolute Gasteiger partial charge is 0.335 e. The number of carboxylic acid groups (broad SMARTS) is 1. The first-order valence-corrected chi connectivity index (χ1v) is 8.07. The number of hydrogen-bond donors (Lipinski definition) is 1. The Morgan fingerprint density at radius 1 is 1.15 bits per heavy atom. The van der Waals surface area contributed by atoms with Crippen LogP contribution in [0.5, 0.6) is 0 Å². The quantitative estimate of drug-likeness (QED) is 0.718. The summed E-state index contributed by atoms with van der Waals surface area (Å²) in [7, 11) is 0. The van der Waals surface area contributed by atoms with Crippen molar-refractivity contribution in [3.63, 3.8) is 0 Å².